The molecular formula is C17H15F2NO5S. The number of methoxy groups -OCH3 is 2. The Morgan fingerprint density at radius 1 is 1.23 bits per heavy atom. The fraction of sp³-hybridized carbons (Fsp3) is 0.176. The average Bonchev–Trinajstić information content (AvgIpc) is 3.12. The number of hydrogen-bond donors (Lipinski definition) is 1. The Morgan fingerprint density at radius 3 is 2.58 bits per heavy atom. The van der Waals surface area contributed by atoms with Crippen molar-refractivity contribution < 1.29 is 32.6 Å². The molecule has 1 amide bonds. The number of carbonyl (C=O) groups is 2. The molecule has 138 valence electrons. The van der Waals surface area contributed by atoms with Crippen LogP contribution in [0, 0.1) is 0 Å². The van der Waals surface area contributed by atoms with E-state index in [1.165, 1.54) is 24.5 Å². The molecule has 9 heteroatoms. The Labute approximate surface area is 152 Å². The van der Waals surface area contributed by atoms with Crippen molar-refractivity contribution in [2.45, 2.75) is 6.61 Å². The number of rotatable bonds is 7. The number of thiophene rings is 1. The Bertz CT molecular complexity index is 806. The van der Waals surface area contributed by atoms with Crippen LogP contribution in [0.1, 0.15) is 15.9 Å². The molecule has 0 bridgehead atoms. The lowest BCUT2D eigenvalue weighted by molar-refractivity contribution is -0.111. The first-order chi connectivity index (χ1) is 12.4. The molecule has 0 aliphatic rings. The minimum absolute atomic E-state index is 0.0479. The van der Waals surface area contributed by atoms with Gasteiger partial charge in [0.05, 0.1) is 25.5 Å². The summed E-state index contributed by atoms with van der Waals surface area (Å²) in [5.41, 5.74) is 0.714. The maximum atomic E-state index is 12.6. The first kappa shape index (κ1) is 19.4. The van der Waals surface area contributed by atoms with Crippen molar-refractivity contribution in [3.05, 3.63) is 46.2 Å². The zero-order chi connectivity index (χ0) is 19.1. The molecule has 0 saturated heterocycles. The largest absolute Gasteiger partial charge is 0.493 e. The molecule has 0 unspecified atom stereocenters. The van der Waals surface area contributed by atoms with E-state index in [1.54, 1.807) is 6.08 Å². The van der Waals surface area contributed by atoms with E-state index < -0.39 is 18.5 Å². The molecule has 1 N–H and O–H groups in total. The van der Waals surface area contributed by atoms with Gasteiger partial charge in [0.25, 0.3) is 0 Å². The van der Waals surface area contributed by atoms with Gasteiger partial charge in [-0.05, 0) is 28.5 Å². The summed E-state index contributed by atoms with van der Waals surface area (Å²) in [6.07, 6.45) is 2.82. The van der Waals surface area contributed by atoms with Crippen molar-refractivity contribution in [3.63, 3.8) is 0 Å². The third kappa shape index (κ3) is 5.03. The number of ether oxygens (including phenoxy) is 3. The van der Waals surface area contributed by atoms with Crippen molar-refractivity contribution in [2.24, 2.45) is 0 Å². The van der Waals surface area contributed by atoms with Gasteiger partial charge in [-0.25, -0.2) is 4.79 Å². The Kier molecular flexibility index (Phi) is 6.67. The molecule has 2 aromatic rings. The lowest BCUT2D eigenvalue weighted by Gasteiger charge is -2.15. The van der Waals surface area contributed by atoms with Crippen LogP contribution in [0.3, 0.4) is 0 Å². The van der Waals surface area contributed by atoms with Crippen LogP contribution >= 0.6 is 11.3 Å². The van der Waals surface area contributed by atoms with Gasteiger partial charge in [0, 0.05) is 18.2 Å². The van der Waals surface area contributed by atoms with Gasteiger partial charge in [-0.1, -0.05) is 0 Å². The van der Waals surface area contributed by atoms with Gasteiger partial charge in [-0.2, -0.15) is 20.1 Å². The molecule has 0 radical (unpaired) electrons. The van der Waals surface area contributed by atoms with Crippen LogP contribution in [-0.4, -0.2) is 32.7 Å². The molecule has 26 heavy (non-hydrogen) atoms. The minimum atomic E-state index is -3.10. The first-order valence-corrected chi connectivity index (χ1v) is 8.15. The summed E-state index contributed by atoms with van der Waals surface area (Å²) in [4.78, 5) is 24.0. The highest BCUT2D eigenvalue weighted by Gasteiger charge is 2.20. The second kappa shape index (κ2) is 8.95. The summed E-state index contributed by atoms with van der Waals surface area (Å²) >= 11 is 1.47. The molecule has 0 fully saturated rings. The molecule has 6 nitrogen and oxygen atoms in total. The van der Waals surface area contributed by atoms with E-state index >= 15 is 0 Å². The summed E-state index contributed by atoms with van der Waals surface area (Å²) < 4.78 is 39.1. The van der Waals surface area contributed by atoms with Gasteiger partial charge in [0.1, 0.15) is 0 Å². The Hall–Kier alpha value is -2.94. The van der Waals surface area contributed by atoms with Gasteiger partial charge in [-0.15, -0.1) is 0 Å². The number of alkyl halides is 2. The van der Waals surface area contributed by atoms with Crippen LogP contribution in [0.2, 0.25) is 0 Å². The lowest BCUT2D eigenvalue weighted by atomic mass is 10.1. The van der Waals surface area contributed by atoms with E-state index in [0.717, 1.165) is 24.8 Å². The fourth-order valence-corrected chi connectivity index (χ4v) is 2.63. The van der Waals surface area contributed by atoms with Gasteiger partial charge in [-0.3, -0.25) is 4.79 Å². The smallest absolute Gasteiger partial charge is 0.387 e. The Morgan fingerprint density at radius 2 is 2.00 bits per heavy atom. The number of halogens is 2. The van der Waals surface area contributed by atoms with Gasteiger partial charge < -0.3 is 19.5 Å². The maximum absolute atomic E-state index is 12.6. The van der Waals surface area contributed by atoms with Crippen molar-refractivity contribution in [1.82, 2.24) is 0 Å². The van der Waals surface area contributed by atoms with Gasteiger partial charge in [0.15, 0.2) is 11.5 Å². The molecule has 0 saturated carbocycles. The summed E-state index contributed by atoms with van der Waals surface area (Å²) in [5.74, 6) is -1.76. The predicted molar refractivity (Wildman–Crippen MR) is 92.9 cm³/mol. The molecule has 0 aliphatic carbocycles. The predicted octanol–water partition coefficient (Wildman–Crippen LogP) is 3.80. The van der Waals surface area contributed by atoms with E-state index in [2.05, 4.69) is 14.8 Å². The lowest BCUT2D eigenvalue weighted by Crippen LogP contribution is -2.14. The minimum Gasteiger partial charge on any atom is -0.493 e. The Balaban J connectivity index is 2.33. The number of amides is 1. The second-order valence-corrected chi connectivity index (χ2v) is 5.58. The van der Waals surface area contributed by atoms with Crippen LogP contribution in [0.4, 0.5) is 14.5 Å². The highest BCUT2D eigenvalue weighted by atomic mass is 32.1. The molecule has 1 aromatic carbocycles. The van der Waals surface area contributed by atoms with Crippen LogP contribution in [0.25, 0.3) is 6.08 Å². The highest BCUT2D eigenvalue weighted by Crippen LogP contribution is 2.35. The number of carbonyl (C=O) groups excluding carboxylic acids is 2. The van der Waals surface area contributed by atoms with Crippen LogP contribution in [0.15, 0.2) is 35.0 Å². The maximum Gasteiger partial charge on any atom is 0.387 e. The molecule has 2 rings (SSSR count). The fourth-order valence-electron chi connectivity index (χ4n) is 2.01. The summed E-state index contributed by atoms with van der Waals surface area (Å²) in [7, 11) is 2.39. The molecular weight excluding hydrogens is 368 g/mol. The third-order valence-corrected chi connectivity index (χ3v) is 3.85. The van der Waals surface area contributed by atoms with Gasteiger partial charge >= 0.3 is 12.6 Å². The number of esters is 1. The van der Waals surface area contributed by atoms with Gasteiger partial charge in [0.2, 0.25) is 5.91 Å². The number of nitrogens with one attached hydrogen (secondary N) is 1. The van der Waals surface area contributed by atoms with Crippen molar-refractivity contribution >= 4 is 35.0 Å². The standard InChI is InChI=1S/C17H15F2NO5S/c1-23-13-7-11(16(22)24-2)12(8-14(13)25-17(18)19)20-15(21)4-3-10-5-6-26-9-10/h3-9,17H,1-2H3,(H,20,21)/b4-3+. The van der Waals surface area contributed by atoms with Crippen molar-refractivity contribution in [3.8, 4) is 11.5 Å². The number of hydrogen-bond acceptors (Lipinski definition) is 6. The third-order valence-electron chi connectivity index (χ3n) is 3.15. The van der Waals surface area contributed by atoms with Crippen molar-refractivity contribution in [1.29, 1.82) is 0 Å². The van der Waals surface area contributed by atoms with Crippen LogP contribution in [0.5, 0.6) is 11.5 Å². The summed E-state index contributed by atoms with van der Waals surface area (Å²) in [5, 5.41) is 6.14. The van der Waals surface area contributed by atoms with E-state index in [0.29, 0.717) is 0 Å². The van der Waals surface area contributed by atoms with E-state index in [4.69, 9.17) is 4.74 Å². The van der Waals surface area contributed by atoms with Crippen molar-refractivity contribution in [2.75, 3.05) is 19.5 Å². The van der Waals surface area contributed by atoms with E-state index in [9.17, 15) is 18.4 Å². The zero-order valence-electron chi connectivity index (χ0n) is 13.8. The average molecular weight is 383 g/mol. The van der Waals surface area contributed by atoms with E-state index in [1.807, 2.05) is 16.8 Å². The highest BCUT2D eigenvalue weighted by molar-refractivity contribution is 7.08. The van der Waals surface area contributed by atoms with Crippen LogP contribution < -0.4 is 14.8 Å². The number of anilines is 1. The second-order valence-electron chi connectivity index (χ2n) is 4.80. The normalized spacial score (nSPS) is 10.8. The monoisotopic (exact) mass is 383 g/mol. The summed E-state index contributed by atoms with van der Waals surface area (Å²) in [6.45, 7) is -3.10. The van der Waals surface area contributed by atoms with Crippen LogP contribution in [-0.2, 0) is 9.53 Å². The zero-order valence-corrected chi connectivity index (χ0v) is 14.6. The van der Waals surface area contributed by atoms with E-state index in [-0.39, 0.29) is 22.7 Å². The number of benzene rings is 1. The SMILES string of the molecule is COC(=O)c1cc(OC)c(OC(F)F)cc1NC(=O)/C=C/c1ccsc1. The summed E-state index contributed by atoms with van der Waals surface area (Å²) in [6, 6.07) is 4.05. The first-order valence-electron chi connectivity index (χ1n) is 7.21. The molecule has 1 heterocycles. The molecule has 1 aromatic heterocycles. The topological polar surface area (TPSA) is 73.9 Å². The molecule has 0 atom stereocenters. The quantitative estimate of drug-likeness (QED) is 0.582. The molecule has 0 aliphatic heterocycles. The molecule has 0 spiro atoms.